The van der Waals surface area contributed by atoms with E-state index in [2.05, 4.69) is 0 Å². The van der Waals surface area contributed by atoms with Gasteiger partial charge in [-0.3, -0.25) is 9.59 Å². The van der Waals surface area contributed by atoms with Crippen LogP contribution in [-0.2, 0) is 9.59 Å². The molecule has 0 heterocycles. The van der Waals surface area contributed by atoms with Crippen LogP contribution in [0.3, 0.4) is 0 Å². The summed E-state index contributed by atoms with van der Waals surface area (Å²) >= 11 is 0. The van der Waals surface area contributed by atoms with Crippen LogP contribution >= 0.6 is 0 Å². The second-order valence-electron chi connectivity index (χ2n) is 5.23. The molecule has 0 fully saturated rings. The second-order valence-corrected chi connectivity index (χ2v) is 5.23. The lowest BCUT2D eigenvalue weighted by Gasteiger charge is -2.14. The zero-order valence-electron chi connectivity index (χ0n) is 13.4. The predicted molar refractivity (Wildman–Crippen MR) is 85.3 cm³/mol. The number of hydrogen-bond donors (Lipinski definition) is 0. The summed E-state index contributed by atoms with van der Waals surface area (Å²) in [5, 5.41) is 1.54. The Kier molecular flexibility index (Phi) is 4.81. The van der Waals surface area contributed by atoms with E-state index in [-0.39, 0.29) is 11.9 Å². The van der Waals surface area contributed by atoms with E-state index in [4.69, 9.17) is 9.47 Å². The average Bonchev–Trinajstić information content (AvgIpc) is 2.50. The van der Waals surface area contributed by atoms with Gasteiger partial charge in [0.15, 0.2) is 0 Å². The number of hydrogen-bond acceptors (Lipinski definition) is 4. The van der Waals surface area contributed by atoms with E-state index in [9.17, 15) is 9.59 Å². The Balaban J connectivity index is 2.64. The molecule has 4 heteroatoms. The first-order chi connectivity index (χ1) is 10.5. The van der Waals surface area contributed by atoms with Crippen molar-refractivity contribution in [1.82, 2.24) is 0 Å². The summed E-state index contributed by atoms with van der Waals surface area (Å²) in [5.74, 6) is 0.446. The van der Waals surface area contributed by atoms with Crippen molar-refractivity contribution in [2.75, 3.05) is 0 Å². The first-order valence-corrected chi connectivity index (χ1v) is 7.41. The monoisotopic (exact) mass is 300 g/mol. The summed E-state index contributed by atoms with van der Waals surface area (Å²) in [6.45, 7) is 7.30. The molecular formula is C18H20O4. The molecule has 0 radical (unpaired) electrons. The van der Waals surface area contributed by atoms with Gasteiger partial charge in [0.05, 0.1) is 0 Å². The van der Waals surface area contributed by atoms with Crippen LogP contribution in [0.4, 0.5) is 0 Å². The van der Waals surface area contributed by atoms with E-state index >= 15 is 0 Å². The summed E-state index contributed by atoms with van der Waals surface area (Å²) in [7, 11) is 0. The number of ether oxygens (including phenoxy) is 2. The van der Waals surface area contributed by atoms with Crippen LogP contribution in [0, 0.1) is 13.8 Å². The van der Waals surface area contributed by atoms with Crippen LogP contribution in [0.5, 0.6) is 11.5 Å². The van der Waals surface area contributed by atoms with Crippen LogP contribution in [-0.4, -0.2) is 11.9 Å². The Morgan fingerprint density at radius 1 is 0.909 bits per heavy atom. The highest BCUT2D eigenvalue weighted by Gasteiger charge is 2.16. The Hall–Kier alpha value is -2.36. The Morgan fingerprint density at radius 3 is 2.18 bits per heavy atom. The zero-order valence-corrected chi connectivity index (χ0v) is 13.4. The van der Waals surface area contributed by atoms with Gasteiger partial charge in [0, 0.05) is 23.6 Å². The van der Waals surface area contributed by atoms with Gasteiger partial charge in [-0.05, 0) is 31.5 Å². The van der Waals surface area contributed by atoms with Crippen molar-refractivity contribution in [1.29, 1.82) is 0 Å². The third kappa shape index (κ3) is 3.27. The first-order valence-electron chi connectivity index (χ1n) is 7.41. The Labute approximate surface area is 130 Å². The molecule has 0 spiro atoms. The number of esters is 2. The minimum Gasteiger partial charge on any atom is -0.426 e. The van der Waals surface area contributed by atoms with Gasteiger partial charge in [-0.15, -0.1) is 0 Å². The van der Waals surface area contributed by atoms with Crippen LogP contribution in [0.15, 0.2) is 24.3 Å². The maximum absolute atomic E-state index is 11.6. The number of fused-ring (bicyclic) bond motifs is 1. The highest BCUT2D eigenvalue weighted by molar-refractivity contribution is 5.97. The van der Waals surface area contributed by atoms with E-state index < -0.39 is 0 Å². The largest absolute Gasteiger partial charge is 0.426 e. The number of aryl methyl sites for hydroxylation is 2. The molecule has 2 aromatic carbocycles. The van der Waals surface area contributed by atoms with Crippen molar-refractivity contribution in [3.63, 3.8) is 0 Å². The standard InChI is InChI=1S/C18H20O4/c1-5-16(19)21-15-10-12(4)18(22-17(20)6-2)13-8-7-11(3)9-14(13)15/h7-10H,5-6H2,1-4H3. The van der Waals surface area contributed by atoms with Gasteiger partial charge in [0.25, 0.3) is 0 Å². The van der Waals surface area contributed by atoms with Gasteiger partial charge in [0.2, 0.25) is 0 Å². The third-order valence-corrected chi connectivity index (χ3v) is 3.41. The molecule has 0 saturated heterocycles. The molecule has 0 bridgehead atoms. The quantitative estimate of drug-likeness (QED) is 0.630. The van der Waals surface area contributed by atoms with Gasteiger partial charge in [0.1, 0.15) is 11.5 Å². The molecule has 0 amide bonds. The number of carbonyl (C=O) groups excluding carboxylic acids is 2. The normalized spacial score (nSPS) is 10.5. The number of rotatable bonds is 4. The molecule has 0 aromatic heterocycles. The Bertz CT molecular complexity index is 731. The zero-order chi connectivity index (χ0) is 16.3. The fraction of sp³-hybridized carbons (Fsp3) is 0.333. The maximum atomic E-state index is 11.6. The molecule has 2 aromatic rings. The Morgan fingerprint density at radius 2 is 1.55 bits per heavy atom. The van der Waals surface area contributed by atoms with Crippen LogP contribution in [0.25, 0.3) is 10.8 Å². The summed E-state index contributed by atoms with van der Waals surface area (Å²) < 4.78 is 10.9. The van der Waals surface area contributed by atoms with Crippen molar-refractivity contribution in [3.05, 3.63) is 35.4 Å². The molecule has 0 aliphatic heterocycles. The smallest absolute Gasteiger partial charge is 0.310 e. The second kappa shape index (κ2) is 6.60. The lowest BCUT2D eigenvalue weighted by Crippen LogP contribution is -2.09. The highest BCUT2D eigenvalue weighted by atomic mass is 16.5. The molecule has 22 heavy (non-hydrogen) atoms. The van der Waals surface area contributed by atoms with E-state index in [1.807, 2.05) is 32.0 Å². The molecule has 0 atom stereocenters. The van der Waals surface area contributed by atoms with E-state index in [1.165, 1.54) is 0 Å². The van der Waals surface area contributed by atoms with Crippen LogP contribution in [0.2, 0.25) is 0 Å². The van der Waals surface area contributed by atoms with Crippen LogP contribution < -0.4 is 9.47 Å². The lowest BCUT2D eigenvalue weighted by molar-refractivity contribution is -0.135. The van der Waals surface area contributed by atoms with E-state index in [0.717, 1.165) is 21.9 Å². The molecule has 0 unspecified atom stereocenters. The molecule has 0 aliphatic carbocycles. The van der Waals surface area contributed by atoms with Crippen molar-refractivity contribution in [3.8, 4) is 11.5 Å². The molecule has 0 saturated carbocycles. The van der Waals surface area contributed by atoms with E-state index in [0.29, 0.717) is 24.3 Å². The number of carbonyl (C=O) groups is 2. The van der Waals surface area contributed by atoms with Crippen LogP contribution in [0.1, 0.15) is 37.8 Å². The first kappa shape index (κ1) is 16.0. The maximum Gasteiger partial charge on any atom is 0.310 e. The summed E-state index contributed by atoms with van der Waals surface area (Å²) in [4.78, 5) is 23.3. The summed E-state index contributed by atoms with van der Waals surface area (Å²) in [6, 6.07) is 7.50. The third-order valence-electron chi connectivity index (χ3n) is 3.41. The lowest BCUT2D eigenvalue weighted by atomic mass is 10.0. The molecule has 2 rings (SSSR count). The SMILES string of the molecule is CCC(=O)Oc1cc(C)c(OC(=O)CC)c2ccc(C)cc12. The molecule has 116 valence electrons. The molecule has 0 aliphatic rings. The van der Waals surface area contributed by atoms with Gasteiger partial charge < -0.3 is 9.47 Å². The predicted octanol–water partition coefficient (Wildman–Crippen LogP) is 4.09. The summed E-state index contributed by atoms with van der Waals surface area (Å²) in [5.41, 5.74) is 1.80. The highest BCUT2D eigenvalue weighted by Crippen LogP contribution is 2.37. The fourth-order valence-corrected chi connectivity index (χ4v) is 2.21. The van der Waals surface area contributed by atoms with Gasteiger partial charge in [-0.25, -0.2) is 0 Å². The minimum absolute atomic E-state index is 0.289. The fourth-order valence-electron chi connectivity index (χ4n) is 2.21. The van der Waals surface area contributed by atoms with Crippen molar-refractivity contribution < 1.29 is 19.1 Å². The van der Waals surface area contributed by atoms with Gasteiger partial charge in [-0.2, -0.15) is 0 Å². The topological polar surface area (TPSA) is 52.6 Å². The molecule has 0 N–H and O–H groups in total. The molecule has 4 nitrogen and oxygen atoms in total. The van der Waals surface area contributed by atoms with Crippen molar-refractivity contribution in [2.24, 2.45) is 0 Å². The average molecular weight is 300 g/mol. The van der Waals surface area contributed by atoms with Crippen molar-refractivity contribution in [2.45, 2.75) is 40.5 Å². The minimum atomic E-state index is -0.291. The van der Waals surface area contributed by atoms with Gasteiger partial charge in [-0.1, -0.05) is 31.5 Å². The van der Waals surface area contributed by atoms with Crippen molar-refractivity contribution >= 4 is 22.7 Å². The van der Waals surface area contributed by atoms with Gasteiger partial charge >= 0.3 is 11.9 Å². The molecular weight excluding hydrogens is 280 g/mol. The van der Waals surface area contributed by atoms with E-state index in [1.54, 1.807) is 19.9 Å². The summed E-state index contributed by atoms with van der Waals surface area (Å²) in [6.07, 6.45) is 0.609. The number of benzene rings is 2.